The van der Waals surface area contributed by atoms with E-state index in [1.54, 1.807) is 6.20 Å². The first-order valence-corrected chi connectivity index (χ1v) is 12.3. The lowest BCUT2D eigenvalue weighted by molar-refractivity contribution is 0.0374. The molecular weight excluding hydrogens is 458 g/mol. The van der Waals surface area contributed by atoms with Crippen LogP contribution < -0.4 is 10.6 Å². The van der Waals surface area contributed by atoms with Crippen LogP contribution in [-0.2, 0) is 16.1 Å². The summed E-state index contributed by atoms with van der Waals surface area (Å²) in [5.41, 5.74) is 3.78. The van der Waals surface area contributed by atoms with Crippen LogP contribution in [0.2, 0.25) is 0 Å². The molecule has 0 atom stereocenters. The molecule has 9 heteroatoms. The third kappa shape index (κ3) is 6.17. The maximum atomic E-state index is 13.0. The summed E-state index contributed by atoms with van der Waals surface area (Å²) >= 11 is 0. The van der Waals surface area contributed by atoms with Gasteiger partial charge >= 0.3 is 0 Å². The predicted octanol–water partition coefficient (Wildman–Crippen LogP) is 3.78. The molecule has 1 fully saturated rings. The number of furan rings is 1. The highest BCUT2D eigenvalue weighted by Crippen LogP contribution is 2.26. The highest BCUT2D eigenvalue weighted by atomic mass is 16.5. The molecule has 188 valence electrons. The second-order valence-electron chi connectivity index (χ2n) is 8.94. The quantitative estimate of drug-likeness (QED) is 0.522. The number of ether oxygens (including phenoxy) is 2. The van der Waals surface area contributed by atoms with Gasteiger partial charge in [-0.25, -0.2) is 9.97 Å². The lowest BCUT2D eigenvalue weighted by Gasteiger charge is -2.26. The fraction of sp³-hybridized carbons (Fsp3) is 0.370. The number of hydrogen-bond donors (Lipinski definition) is 2. The second kappa shape index (κ2) is 11.5. The number of rotatable bonds is 5. The second-order valence-corrected chi connectivity index (χ2v) is 8.94. The van der Waals surface area contributed by atoms with Gasteiger partial charge < -0.3 is 24.5 Å². The minimum Gasteiger partial charge on any atom is -0.457 e. The minimum absolute atomic E-state index is 0.113. The average Bonchev–Trinajstić information content (AvgIpc) is 3.36. The van der Waals surface area contributed by atoms with E-state index in [0.29, 0.717) is 42.7 Å². The monoisotopic (exact) mass is 489 g/mol. The van der Waals surface area contributed by atoms with Gasteiger partial charge in [0, 0.05) is 37.1 Å². The van der Waals surface area contributed by atoms with Gasteiger partial charge in [-0.1, -0.05) is 12.2 Å². The molecule has 6 bridgehead atoms. The van der Waals surface area contributed by atoms with E-state index >= 15 is 0 Å². The predicted molar refractivity (Wildman–Crippen MR) is 137 cm³/mol. The number of nitrogens with zero attached hydrogens (tertiary/aromatic N) is 3. The van der Waals surface area contributed by atoms with Crippen molar-refractivity contribution in [2.24, 2.45) is 0 Å². The Labute approximate surface area is 210 Å². The lowest BCUT2D eigenvalue weighted by atomic mass is 10.1. The molecule has 0 radical (unpaired) electrons. The summed E-state index contributed by atoms with van der Waals surface area (Å²) in [5, 5.41) is 6.31. The minimum atomic E-state index is -0.113. The number of carbonyl (C=O) groups is 1. The van der Waals surface area contributed by atoms with Crippen LogP contribution in [0.25, 0.3) is 17.5 Å². The van der Waals surface area contributed by atoms with E-state index in [-0.39, 0.29) is 5.91 Å². The SMILES string of the molecule is Cc1cnc2nc1-c1ccc(o1)COC/C=C/c1cc(cc(C(=O)NCCCN3CCOCC3)c1)N2. The molecule has 5 rings (SSSR count). The summed E-state index contributed by atoms with van der Waals surface area (Å²) < 4.78 is 17.1. The van der Waals surface area contributed by atoms with Crippen LogP contribution in [0.5, 0.6) is 0 Å². The van der Waals surface area contributed by atoms with Gasteiger partial charge in [0.05, 0.1) is 19.8 Å². The van der Waals surface area contributed by atoms with Crippen LogP contribution in [0, 0.1) is 6.92 Å². The summed E-state index contributed by atoms with van der Waals surface area (Å²) in [6.07, 6.45) is 6.51. The van der Waals surface area contributed by atoms with Crippen molar-refractivity contribution in [2.75, 3.05) is 51.3 Å². The van der Waals surface area contributed by atoms with Crippen LogP contribution in [0.4, 0.5) is 11.6 Å². The maximum Gasteiger partial charge on any atom is 0.251 e. The van der Waals surface area contributed by atoms with Crippen molar-refractivity contribution in [1.29, 1.82) is 0 Å². The third-order valence-electron chi connectivity index (χ3n) is 6.15. The Morgan fingerprint density at radius 2 is 2.06 bits per heavy atom. The van der Waals surface area contributed by atoms with Crippen molar-refractivity contribution < 1.29 is 18.7 Å². The highest BCUT2D eigenvalue weighted by molar-refractivity contribution is 5.96. The Bertz CT molecular complexity index is 1230. The smallest absolute Gasteiger partial charge is 0.251 e. The summed E-state index contributed by atoms with van der Waals surface area (Å²) in [6, 6.07) is 9.43. The molecule has 0 spiro atoms. The van der Waals surface area contributed by atoms with Crippen molar-refractivity contribution in [3.8, 4) is 11.5 Å². The normalized spacial score (nSPS) is 16.9. The molecule has 3 aromatic rings. The van der Waals surface area contributed by atoms with Gasteiger partial charge in [0.25, 0.3) is 5.91 Å². The Morgan fingerprint density at radius 3 is 2.94 bits per heavy atom. The number of amides is 1. The largest absolute Gasteiger partial charge is 0.457 e. The van der Waals surface area contributed by atoms with Gasteiger partial charge in [-0.2, -0.15) is 0 Å². The third-order valence-corrected chi connectivity index (χ3v) is 6.15. The van der Waals surface area contributed by atoms with Gasteiger partial charge in [0.1, 0.15) is 18.1 Å². The molecule has 0 saturated carbocycles. The number of nitrogens with one attached hydrogen (secondary N) is 2. The molecule has 1 amide bonds. The van der Waals surface area contributed by atoms with Gasteiger partial charge in [0.2, 0.25) is 5.95 Å². The van der Waals surface area contributed by atoms with Crippen molar-refractivity contribution in [2.45, 2.75) is 20.0 Å². The Morgan fingerprint density at radius 1 is 1.17 bits per heavy atom. The average molecular weight is 490 g/mol. The summed E-state index contributed by atoms with van der Waals surface area (Å²) in [7, 11) is 0. The molecule has 9 nitrogen and oxygen atoms in total. The van der Waals surface area contributed by atoms with E-state index in [0.717, 1.165) is 61.8 Å². The zero-order chi connectivity index (χ0) is 24.7. The van der Waals surface area contributed by atoms with Gasteiger partial charge in [-0.3, -0.25) is 9.69 Å². The summed E-state index contributed by atoms with van der Waals surface area (Å²) in [6.45, 7) is 7.74. The molecule has 2 aliphatic heterocycles. The van der Waals surface area contributed by atoms with E-state index in [2.05, 4.69) is 25.5 Å². The number of carbonyl (C=O) groups excluding carboxylic acids is 1. The topological polar surface area (TPSA) is 102 Å². The molecule has 2 aromatic heterocycles. The molecule has 1 saturated heterocycles. The van der Waals surface area contributed by atoms with Crippen molar-refractivity contribution in [3.05, 3.63) is 65.1 Å². The lowest BCUT2D eigenvalue weighted by Crippen LogP contribution is -2.38. The van der Waals surface area contributed by atoms with E-state index < -0.39 is 0 Å². The Hall–Kier alpha value is -3.53. The first kappa shape index (κ1) is 24.2. The molecule has 1 aromatic carbocycles. The van der Waals surface area contributed by atoms with Crippen molar-refractivity contribution >= 4 is 23.6 Å². The van der Waals surface area contributed by atoms with E-state index in [9.17, 15) is 4.79 Å². The molecule has 36 heavy (non-hydrogen) atoms. The molecule has 4 heterocycles. The number of benzene rings is 1. The summed E-state index contributed by atoms with van der Waals surface area (Å²) in [5.74, 6) is 1.71. The number of aromatic nitrogens is 2. The first-order chi connectivity index (χ1) is 17.6. The van der Waals surface area contributed by atoms with Gasteiger partial charge in [-0.05, 0) is 61.3 Å². The standard InChI is InChI=1S/C27H31N5O4/c1-19-17-29-27-30-22-15-20(4-2-11-35-18-23-5-6-24(36-23)25(19)31-27)14-21(16-22)26(33)28-7-3-8-32-9-12-34-13-10-32/h2,4-6,14-17H,3,7-13,18H2,1H3,(H,28,33)(H,29,30,31)/b4-2+. The fourth-order valence-corrected chi connectivity index (χ4v) is 4.26. The van der Waals surface area contributed by atoms with Crippen LogP contribution in [0.1, 0.15) is 33.7 Å². The Kier molecular flexibility index (Phi) is 7.70. The van der Waals surface area contributed by atoms with Crippen molar-refractivity contribution in [3.63, 3.8) is 0 Å². The van der Waals surface area contributed by atoms with Crippen LogP contribution in [0.15, 0.2) is 47.0 Å². The number of fused-ring (bicyclic) bond motifs is 7. The molecule has 2 aliphatic rings. The zero-order valence-corrected chi connectivity index (χ0v) is 20.5. The fourth-order valence-electron chi connectivity index (χ4n) is 4.26. The number of morpholine rings is 1. The zero-order valence-electron chi connectivity index (χ0n) is 20.5. The molecule has 2 N–H and O–H groups in total. The summed E-state index contributed by atoms with van der Waals surface area (Å²) in [4.78, 5) is 24.5. The number of aryl methyl sites for hydroxylation is 1. The van der Waals surface area contributed by atoms with Crippen LogP contribution >= 0.6 is 0 Å². The maximum absolute atomic E-state index is 13.0. The number of anilines is 2. The molecule has 0 unspecified atom stereocenters. The first-order valence-electron chi connectivity index (χ1n) is 12.3. The van der Waals surface area contributed by atoms with E-state index in [1.165, 1.54) is 0 Å². The van der Waals surface area contributed by atoms with Crippen LogP contribution in [0.3, 0.4) is 0 Å². The van der Waals surface area contributed by atoms with Crippen molar-refractivity contribution in [1.82, 2.24) is 20.2 Å². The highest BCUT2D eigenvalue weighted by Gasteiger charge is 2.14. The molecule has 0 aliphatic carbocycles. The number of hydrogen-bond acceptors (Lipinski definition) is 8. The Balaban J connectivity index is 1.33. The van der Waals surface area contributed by atoms with E-state index in [4.69, 9.17) is 13.9 Å². The van der Waals surface area contributed by atoms with Crippen LogP contribution in [-0.4, -0.2) is 66.8 Å². The van der Waals surface area contributed by atoms with E-state index in [1.807, 2.05) is 49.4 Å². The van der Waals surface area contributed by atoms with Gasteiger partial charge in [-0.15, -0.1) is 0 Å². The molecular formula is C27H31N5O4. The van der Waals surface area contributed by atoms with Gasteiger partial charge in [0.15, 0.2) is 5.76 Å².